The van der Waals surface area contributed by atoms with Crippen LogP contribution >= 0.6 is 0 Å². The average molecular weight is 290 g/mol. The van der Waals surface area contributed by atoms with Crippen molar-refractivity contribution in [2.24, 2.45) is 0 Å². The molecule has 0 radical (unpaired) electrons. The van der Waals surface area contributed by atoms with Gasteiger partial charge in [-0.25, -0.2) is 4.79 Å². The van der Waals surface area contributed by atoms with E-state index in [2.05, 4.69) is 20.8 Å². The first-order valence-electron chi connectivity index (χ1n) is 6.59. The van der Waals surface area contributed by atoms with Gasteiger partial charge in [0.2, 0.25) is 0 Å². The van der Waals surface area contributed by atoms with Crippen molar-refractivity contribution in [1.82, 2.24) is 20.8 Å². The van der Waals surface area contributed by atoms with E-state index in [1.807, 2.05) is 19.9 Å². The fourth-order valence-corrected chi connectivity index (χ4v) is 2.00. The van der Waals surface area contributed by atoms with Crippen molar-refractivity contribution in [1.29, 1.82) is 0 Å². The number of rotatable bonds is 4. The van der Waals surface area contributed by atoms with Gasteiger partial charge in [-0.15, -0.1) is 0 Å². The van der Waals surface area contributed by atoms with Crippen LogP contribution in [0.5, 0.6) is 0 Å². The number of aromatic amines is 1. The van der Waals surface area contributed by atoms with E-state index in [0.29, 0.717) is 17.0 Å². The van der Waals surface area contributed by atoms with Crippen LogP contribution < -0.4 is 16.2 Å². The second-order valence-corrected chi connectivity index (χ2v) is 4.91. The van der Waals surface area contributed by atoms with Crippen LogP contribution in [0, 0.1) is 20.8 Å². The first-order valence-corrected chi connectivity index (χ1v) is 6.59. The number of amides is 2. The molecule has 2 rings (SSSR count). The summed E-state index contributed by atoms with van der Waals surface area (Å²) in [7, 11) is 0. The van der Waals surface area contributed by atoms with Gasteiger partial charge in [0.25, 0.3) is 5.56 Å². The lowest BCUT2D eigenvalue weighted by Gasteiger charge is -2.08. The van der Waals surface area contributed by atoms with Crippen LogP contribution in [-0.2, 0) is 13.1 Å². The monoisotopic (exact) mass is 290 g/mol. The summed E-state index contributed by atoms with van der Waals surface area (Å²) in [5.41, 5.74) is 2.66. The predicted octanol–water partition coefficient (Wildman–Crippen LogP) is 1.29. The summed E-state index contributed by atoms with van der Waals surface area (Å²) in [6.45, 7) is 5.88. The summed E-state index contributed by atoms with van der Waals surface area (Å²) < 4.78 is 4.90. The third kappa shape index (κ3) is 3.95. The first kappa shape index (κ1) is 14.8. The van der Waals surface area contributed by atoms with Crippen molar-refractivity contribution >= 4 is 6.03 Å². The molecule has 112 valence electrons. The van der Waals surface area contributed by atoms with Crippen LogP contribution in [0.4, 0.5) is 4.79 Å². The van der Waals surface area contributed by atoms with Gasteiger partial charge in [-0.1, -0.05) is 5.16 Å². The van der Waals surface area contributed by atoms with Gasteiger partial charge < -0.3 is 20.1 Å². The molecule has 21 heavy (non-hydrogen) atoms. The Morgan fingerprint density at radius 3 is 2.57 bits per heavy atom. The van der Waals surface area contributed by atoms with E-state index in [1.165, 1.54) is 0 Å². The molecule has 3 N–H and O–H groups in total. The van der Waals surface area contributed by atoms with E-state index in [1.54, 1.807) is 13.0 Å². The molecule has 7 heteroatoms. The van der Waals surface area contributed by atoms with Gasteiger partial charge in [0.15, 0.2) is 0 Å². The zero-order valence-electron chi connectivity index (χ0n) is 12.2. The number of nitrogens with one attached hydrogen (secondary N) is 3. The lowest BCUT2D eigenvalue weighted by atomic mass is 10.1. The number of H-pyrrole nitrogens is 1. The lowest BCUT2D eigenvalue weighted by Crippen LogP contribution is -2.36. The van der Waals surface area contributed by atoms with Crippen molar-refractivity contribution < 1.29 is 9.32 Å². The number of urea groups is 1. The highest BCUT2D eigenvalue weighted by Crippen LogP contribution is 2.03. The van der Waals surface area contributed by atoms with Crippen LogP contribution in [0.3, 0.4) is 0 Å². The fraction of sp³-hybridized carbons (Fsp3) is 0.357. The maximum atomic E-state index is 11.8. The number of hydrogen-bond acceptors (Lipinski definition) is 4. The number of nitrogens with zero attached hydrogens (tertiary/aromatic N) is 1. The Hall–Kier alpha value is -2.57. The summed E-state index contributed by atoms with van der Waals surface area (Å²) in [4.78, 5) is 26.2. The molecule has 0 spiro atoms. The maximum absolute atomic E-state index is 11.8. The topological polar surface area (TPSA) is 100 Å². The summed E-state index contributed by atoms with van der Waals surface area (Å²) in [5, 5.41) is 9.07. The Morgan fingerprint density at radius 1 is 1.24 bits per heavy atom. The average Bonchev–Trinajstić information content (AvgIpc) is 2.81. The summed E-state index contributed by atoms with van der Waals surface area (Å²) in [5.74, 6) is 0.689. The molecule has 0 aliphatic rings. The normalized spacial score (nSPS) is 10.4. The van der Waals surface area contributed by atoms with Gasteiger partial charge in [0, 0.05) is 17.3 Å². The summed E-state index contributed by atoms with van der Waals surface area (Å²) in [6, 6.07) is 3.25. The van der Waals surface area contributed by atoms with Gasteiger partial charge >= 0.3 is 6.03 Å². The molecular formula is C14H18N4O3. The van der Waals surface area contributed by atoms with Crippen LogP contribution in [-0.4, -0.2) is 16.2 Å². The van der Waals surface area contributed by atoms with Gasteiger partial charge in [-0.2, -0.15) is 0 Å². The van der Waals surface area contributed by atoms with E-state index in [-0.39, 0.29) is 24.7 Å². The van der Waals surface area contributed by atoms with E-state index in [4.69, 9.17) is 4.52 Å². The fourth-order valence-electron chi connectivity index (χ4n) is 2.00. The minimum absolute atomic E-state index is 0.172. The molecule has 0 unspecified atom stereocenters. The van der Waals surface area contributed by atoms with Crippen molar-refractivity contribution in [3.05, 3.63) is 50.8 Å². The Bertz CT molecular complexity index is 702. The smallest absolute Gasteiger partial charge is 0.315 e. The van der Waals surface area contributed by atoms with Gasteiger partial charge in [0.1, 0.15) is 11.5 Å². The number of pyridine rings is 1. The molecule has 0 aliphatic carbocycles. The van der Waals surface area contributed by atoms with Gasteiger partial charge in [-0.3, -0.25) is 4.79 Å². The number of carbonyl (C=O) groups excluding carboxylic acids is 1. The van der Waals surface area contributed by atoms with Crippen LogP contribution in [0.15, 0.2) is 21.5 Å². The molecule has 2 heterocycles. The molecule has 0 fully saturated rings. The zero-order valence-corrected chi connectivity index (χ0v) is 12.2. The van der Waals surface area contributed by atoms with Crippen molar-refractivity contribution in [3.8, 4) is 0 Å². The standard InChI is InChI=1S/C14H18N4O3/c1-8-4-9(2)17-13(19)12(8)7-16-14(20)15-6-11-5-10(3)21-18-11/h4-5H,6-7H2,1-3H3,(H,17,19)(H2,15,16,20). The Kier molecular flexibility index (Phi) is 4.42. The molecule has 2 aromatic rings. The molecule has 0 aliphatic heterocycles. The largest absolute Gasteiger partial charge is 0.361 e. The molecule has 0 saturated heterocycles. The molecule has 0 bridgehead atoms. The Labute approximate surface area is 121 Å². The van der Waals surface area contributed by atoms with E-state index < -0.39 is 0 Å². The van der Waals surface area contributed by atoms with Crippen LogP contribution in [0.1, 0.15) is 28.3 Å². The number of hydrogen-bond donors (Lipinski definition) is 3. The highest BCUT2D eigenvalue weighted by Gasteiger charge is 2.08. The van der Waals surface area contributed by atoms with E-state index >= 15 is 0 Å². The van der Waals surface area contributed by atoms with Gasteiger partial charge in [-0.05, 0) is 32.4 Å². The SMILES string of the molecule is Cc1cc(C)c(CNC(=O)NCc2cc(C)on2)c(=O)[nH]1. The lowest BCUT2D eigenvalue weighted by molar-refractivity contribution is 0.239. The third-order valence-corrected chi connectivity index (χ3v) is 3.03. The molecular weight excluding hydrogens is 272 g/mol. The van der Waals surface area contributed by atoms with Crippen LogP contribution in [0.2, 0.25) is 0 Å². The molecule has 2 aromatic heterocycles. The predicted molar refractivity (Wildman–Crippen MR) is 76.9 cm³/mol. The first-order chi connectivity index (χ1) is 9.95. The number of aryl methyl sites for hydroxylation is 3. The van der Waals surface area contributed by atoms with E-state index in [0.717, 1.165) is 11.3 Å². The van der Waals surface area contributed by atoms with Crippen LogP contribution in [0.25, 0.3) is 0 Å². The molecule has 0 atom stereocenters. The molecule has 0 aromatic carbocycles. The van der Waals surface area contributed by atoms with Crippen molar-refractivity contribution in [3.63, 3.8) is 0 Å². The Balaban J connectivity index is 1.88. The van der Waals surface area contributed by atoms with Crippen molar-refractivity contribution in [2.75, 3.05) is 0 Å². The summed E-state index contributed by atoms with van der Waals surface area (Å²) in [6.07, 6.45) is 0. The highest BCUT2D eigenvalue weighted by atomic mass is 16.5. The quantitative estimate of drug-likeness (QED) is 0.789. The summed E-state index contributed by atoms with van der Waals surface area (Å²) >= 11 is 0. The minimum atomic E-state index is -0.366. The number of carbonyl (C=O) groups is 1. The third-order valence-electron chi connectivity index (χ3n) is 3.03. The minimum Gasteiger partial charge on any atom is -0.361 e. The Morgan fingerprint density at radius 2 is 1.95 bits per heavy atom. The highest BCUT2D eigenvalue weighted by molar-refractivity contribution is 5.73. The second-order valence-electron chi connectivity index (χ2n) is 4.91. The van der Waals surface area contributed by atoms with E-state index in [9.17, 15) is 9.59 Å². The number of aromatic nitrogens is 2. The molecule has 0 saturated carbocycles. The molecule has 7 nitrogen and oxygen atoms in total. The second kappa shape index (κ2) is 6.25. The maximum Gasteiger partial charge on any atom is 0.315 e. The zero-order chi connectivity index (χ0) is 15.4. The molecule has 2 amide bonds. The van der Waals surface area contributed by atoms with Gasteiger partial charge in [0.05, 0.1) is 13.1 Å². The van der Waals surface area contributed by atoms with Crippen molar-refractivity contribution in [2.45, 2.75) is 33.9 Å².